The highest BCUT2D eigenvalue weighted by Crippen LogP contribution is 2.31. The van der Waals surface area contributed by atoms with Crippen LogP contribution in [0, 0.1) is 0 Å². The van der Waals surface area contributed by atoms with Gasteiger partial charge in [-0.3, -0.25) is 9.11 Å². The van der Waals surface area contributed by atoms with E-state index in [-0.39, 0.29) is 0 Å². The van der Waals surface area contributed by atoms with Crippen LogP contribution >= 0.6 is 15.9 Å². The van der Waals surface area contributed by atoms with Gasteiger partial charge in [-0.2, -0.15) is 21.2 Å². The summed E-state index contributed by atoms with van der Waals surface area (Å²) in [5, 5.41) is 0. The molecular formula is C3H6BrFO6S2. The summed E-state index contributed by atoms with van der Waals surface area (Å²) in [7, 11) is -11.1. The molecule has 10 heteroatoms. The molecule has 0 heterocycles. The van der Waals surface area contributed by atoms with Gasteiger partial charge in [-0.1, -0.05) is 0 Å². The predicted octanol–water partition coefficient (Wildman–Crippen LogP) is 0.540. The monoisotopic (exact) mass is 300 g/mol. The van der Waals surface area contributed by atoms with Crippen molar-refractivity contribution < 1.29 is 30.3 Å². The Morgan fingerprint density at radius 3 is 1.23 bits per heavy atom. The summed E-state index contributed by atoms with van der Waals surface area (Å²) < 4.78 is 63.4. The minimum absolute atomic E-state index is 1.48. The number of hydrogen-bond acceptors (Lipinski definition) is 4. The SMILES string of the molecule is C=C.O=S(=O)(O)C(F)(Br)S(=O)(=O)O. The molecule has 0 aromatic heterocycles. The Labute approximate surface area is 83.1 Å². The van der Waals surface area contributed by atoms with Crippen molar-refractivity contribution in [2.24, 2.45) is 0 Å². The summed E-state index contributed by atoms with van der Waals surface area (Å²) in [4.78, 5) is 0. The molecule has 0 saturated heterocycles. The van der Waals surface area contributed by atoms with Crippen LogP contribution in [0.4, 0.5) is 4.39 Å². The normalized spacial score (nSPS) is 12.9. The number of halogens is 2. The van der Waals surface area contributed by atoms with Crippen LogP contribution in [-0.2, 0) is 20.2 Å². The van der Waals surface area contributed by atoms with Gasteiger partial charge >= 0.3 is 23.5 Å². The summed E-state index contributed by atoms with van der Waals surface area (Å²) in [6.45, 7) is 6.00. The van der Waals surface area contributed by atoms with E-state index in [4.69, 9.17) is 9.11 Å². The summed E-state index contributed by atoms with van der Waals surface area (Å²) in [6.07, 6.45) is 0. The quantitative estimate of drug-likeness (QED) is 0.438. The first-order valence-corrected chi connectivity index (χ1v) is 5.99. The topological polar surface area (TPSA) is 109 Å². The van der Waals surface area contributed by atoms with Gasteiger partial charge in [0.25, 0.3) is 0 Å². The van der Waals surface area contributed by atoms with E-state index < -0.39 is 23.5 Å². The molecule has 0 spiro atoms. The Bertz CT molecular complexity index is 321. The Morgan fingerprint density at radius 2 is 1.23 bits per heavy atom. The minimum Gasteiger partial charge on any atom is -0.281 e. The van der Waals surface area contributed by atoms with Gasteiger partial charge in [-0.15, -0.1) is 13.2 Å². The second-order valence-corrected chi connectivity index (χ2v) is 6.84. The van der Waals surface area contributed by atoms with Crippen LogP contribution < -0.4 is 0 Å². The van der Waals surface area contributed by atoms with Crippen molar-refractivity contribution in [2.75, 3.05) is 0 Å². The Kier molecular flexibility index (Phi) is 5.30. The molecule has 0 saturated carbocycles. The van der Waals surface area contributed by atoms with Gasteiger partial charge in [0.1, 0.15) is 0 Å². The molecule has 80 valence electrons. The standard InChI is InChI=1S/C2H4.CH2BrFO6S2/c1-2;2-1(3,10(4,5)6)11(7,8)9/h1-2H2;(H,4,5,6)(H,7,8,9). The molecule has 0 aliphatic rings. The fourth-order valence-corrected chi connectivity index (χ4v) is 1.20. The molecule has 0 bridgehead atoms. The van der Waals surface area contributed by atoms with Gasteiger partial charge < -0.3 is 0 Å². The van der Waals surface area contributed by atoms with E-state index in [0.717, 1.165) is 0 Å². The van der Waals surface area contributed by atoms with Gasteiger partial charge in [0.05, 0.1) is 0 Å². The first kappa shape index (κ1) is 15.4. The van der Waals surface area contributed by atoms with Crippen molar-refractivity contribution in [3.8, 4) is 0 Å². The average molecular weight is 301 g/mol. The molecule has 0 fully saturated rings. The summed E-state index contributed by atoms with van der Waals surface area (Å²) in [6, 6.07) is 0. The van der Waals surface area contributed by atoms with Crippen LogP contribution in [0.1, 0.15) is 0 Å². The van der Waals surface area contributed by atoms with Crippen molar-refractivity contribution >= 4 is 36.2 Å². The highest BCUT2D eigenvalue weighted by molar-refractivity contribution is 9.13. The zero-order chi connectivity index (χ0) is 11.5. The number of rotatable bonds is 2. The fourth-order valence-electron chi connectivity index (χ4n) is 0.133. The van der Waals surface area contributed by atoms with E-state index in [9.17, 15) is 21.2 Å². The lowest BCUT2D eigenvalue weighted by molar-refractivity contribution is 0.376. The van der Waals surface area contributed by atoms with Gasteiger partial charge in [-0.25, -0.2) is 0 Å². The third-order valence-corrected chi connectivity index (χ3v) is 5.52. The lowest BCUT2D eigenvalue weighted by atomic mass is 11.3. The van der Waals surface area contributed by atoms with Gasteiger partial charge in [0.15, 0.2) is 0 Å². The zero-order valence-corrected chi connectivity index (χ0v) is 9.23. The summed E-state index contributed by atoms with van der Waals surface area (Å²) in [5.41, 5.74) is 0. The maximum Gasteiger partial charge on any atom is 0.410 e. The molecule has 6 nitrogen and oxygen atoms in total. The molecule has 0 aromatic rings. The van der Waals surface area contributed by atoms with Crippen molar-refractivity contribution in [3.63, 3.8) is 0 Å². The third kappa shape index (κ3) is 3.68. The van der Waals surface area contributed by atoms with Crippen LogP contribution in [0.2, 0.25) is 0 Å². The molecule has 0 amide bonds. The smallest absolute Gasteiger partial charge is 0.281 e. The molecule has 0 unspecified atom stereocenters. The van der Waals surface area contributed by atoms with Crippen LogP contribution in [-0.4, -0.2) is 29.2 Å². The summed E-state index contributed by atoms with van der Waals surface area (Å²) in [5.74, 6) is 0. The number of hydrogen-bond donors (Lipinski definition) is 2. The predicted molar refractivity (Wildman–Crippen MR) is 47.1 cm³/mol. The molecule has 0 atom stereocenters. The molecule has 2 N–H and O–H groups in total. The molecule has 0 aliphatic heterocycles. The maximum absolute atomic E-state index is 12.3. The third-order valence-electron chi connectivity index (χ3n) is 0.601. The van der Waals surface area contributed by atoms with Crippen LogP contribution in [0.15, 0.2) is 13.2 Å². The molecule has 0 rings (SSSR count). The van der Waals surface area contributed by atoms with E-state index in [1.807, 2.05) is 0 Å². The average Bonchev–Trinajstić information content (AvgIpc) is 1.87. The van der Waals surface area contributed by atoms with Crippen molar-refractivity contribution in [2.45, 2.75) is 3.24 Å². The molecule has 0 aliphatic carbocycles. The zero-order valence-electron chi connectivity index (χ0n) is 6.01. The fraction of sp³-hybridized carbons (Fsp3) is 0.333. The van der Waals surface area contributed by atoms with Gasteiger partial charge in [0.2, 0.25) is 0 Å². The van der Waals surface area contributed by atoms with Crippen molar-refractivity contribution in [1.29, 1.82) is 0 Å². The van der Waals surface area contributed by atoms with Gasteiger partial charge in [-0.05, 0) is 15.9 Å². The lowest BCUT2D eigenvalue weighted by Gasteiger charge is -2.09. The van der Waals surface area contributed by atoms with Crippen LogP contribution in [0.5, 0.6) is 0 Å². The summed E-state index contributed by atoms with van der Waals surface area (Å²) >= 11 is 1.48. The Morgan fingerprint density at radius 1 is 1.08 bits per heavy atom. The van der Waals surface area contributed by atoms with Crippen molar-refractivity contribution in [1.82, 2.24) is 0 Å². The first-order chi connectivity index (χ1) is 5.50. The molecule has 0 aromatic carbocycles. The first-order valence-electron chi connectivity index (χ1n) is 2.32. The molecular weight excluding hydrogens is 295 g/mol. The Balaban J connectivity index is 0. The largest absolute Gasteiger partial charge is 0.410 e. The van der Waals surface area contributed by atoms with E-state index in [2.05, 4.69) is 13.2 Å². The highest BCUT2D eigenvalue weighted by Gasteiger charge is 2.53. The Hall–Kier alpha value is -0.0300. The van der Waals surface area contributed by atoms with Gasteiger partial charge in [0, 0.05) is 0 Å². The van der Waals surface area contributed by atoms with Crippen molar-refractivity contribution in [3.05, 3.63) is 13.2 Å². The molecule has 13 heavy (non-hydrogen) atoms. The molecule has 0 radical (unpaired) electrons. The maximum atomic E-state index is 12.3. The van der Waals surface area contributed by atoms with E-state index in [1.165, 1.54) is 15.9 Å². The highest BCUT2D eigenvalue weighted by atomic mass is 79.9. The van der Waals surface area contributed by atoms with Crippen LogP contribution in [0.3, 0.4) is 0 Å². The lowest BCUT2D eigenvalue weighted by Crippen LogP contribution is -2.35. The van der Waals surface area contributed by atoms with E-state index >= 15 is 0 Å². The van der Waals surface area contributed by atoms with E-state index in [0.29, 0.717) is 0 Å². The van der Waals surface area contributed by atoms with E-state index in [1.54, 1.807) is 0 Å². The number of alkyl halides is 2. The second kappa shape index (κ2) is 4.46. The minimum atomic E-state index is -5.55. The van der Waals surface area contributed by atoms with Crippen LogP contribution in [0.25, 0.3) is 0 Å². The second-order valence-electron chi connectivity index (χ2n) is 1.41.